The van der Waals surface area contributed by atoms with Crippen LogP contribution < -0.4 is 5.73 Å². The molecule has 4 nitrogen and oxygen atoms in total. The minimum Gasteiger partial charge on any atom is -0.328 e. The van der Waals surface area contributed by atoms with Crippen LogP contribution in [0.5, 0.6) is 0 Å². The summed E-state index contributed by atoms with van der Waals surface area (Å²) in [5, 5.41) is 0.939. The molecule has 1 aromatic heterocycles. The molecule has 0 amide bonds. The van der Waals surface area contributed by atoms with Crippen molar-refractivity contribution in [3.63, 3.8) is 0 Å². The number of Topliss-reactive ketones (excluding diaryl/α,β-unsaturated/α-hetero) is 1. The first kappa shape index (κ1) is 13.2. The molecule has 0 radical (unpaired) electrons. The summed E-state index contributed by atoms with van der Waals surface area (Å²) in [6.45, 7) is 2.30. The second-order valence-electron chi connectivity index (χ2n) is 5.41. The fourth-order valence-corrected chi connectivity index (χ4v) is 2.75. The molecule has 4 heteroatoms. The number of hydrogen-bond donors (Lipinski definition) is 1. The Morgan fingerprint density at radius 1 is 1.25 bits per heavy atom. The lowest BCUT2D eigenvalue weighted by Gasteiger charge is -2.29. The summed E-state index contributed by atoms with van der Waals surface area (Å²) >= 11 is 0. The maximum Gasteiger partial charge on any atom is 0.177 e. The van der Waals surface area contributed by atoms with E-state index in [9.17, 15) is 4.79 Å². The highest BCUT2D eigenvalue weighted by atomic mass is 16.1. The topological polar surface area (TPSA) is 59.2 Å². The molecule has 2 aromatic rings. The Labute approximate surface area is 118 Å². The van der Waals surface area contributed by atoms with Gasteiger partial charge in [0.05, 0.1) is 12.1 Å². The lowest BCUT2D eigenvalue weighted by atomic mass is 10.0. The summed E-state index contributed by atoms with van der Waals surface area (Å²) in [6.07, 6.45) is 3.71. The molecule has 1 saturated heterocycles. The number of nitrogens with zero attached hydrogens (tertiary/aromatic N) is 2. The molecule has 0 saturated carbocycles. The Morgan fingerprint density at radius 2 is 2.05 bits per heavy atom. The van der Waals surface area contributed by atoms with E-state index in [1.165, 1.54) is 0 Å². The number of pyridine rings is 1. The van der Waals surface area contributed by atoms with Crippen LogP contribution in [0.25, 0.3) is 10.9 Å². The van der Waals surface area contributed by atoms with Gasteiger partial charge in [0.2, 0.25) is 0 Å². The first-order valence-electron chi connectivity index (χ1n) is 7.09. The van der Waals surface area contributed by atoms with Gasteiger partial charge in [-0.1, -0.05) is 18.2 Å². The van der Waals surface area contributed by atoms with Crippen molar-refractivity contribution in [2.24, 2.45) is 5.73 Å². The van der Waals surface area contributed by atoms with Gasteiger partial charge in [-0.3, -0.25) is 14.7 Å². The number of aromatic nitrogens is 1. The van der Waals surface area contributed by atoms with Crippen molar-refractivity contribution >= 4 is 16.7 Å². The molecule has 0 atom stereocenters. The van der Waals surface area contributed by atoms with Crippen molar-refractivity contribution < 1.29 is 4.79 Å². The number of likely N-dealkylation sites (tertiary alicyclic amines) is 1. The smallest absolute Gasteiger partial charge is 0.177 e. The highest BCUT2D eigenvalue weighted by molar-refractivity contribution is 6.08. The minimum atomic E-state index is 0.166. The molecule has 0 bridgehead atoms. The van der Waals surface area contributed by atoms with Crippen LogP contribution in [-0.4, -0.2) is 41.3 Å². The quantitative estimate of drug-likeness (QED) is 0.864. The normalized spacial score (nSPS) is 17.4. The van der Waals surface area contributed by atoms with Crippen LogP contribution >= 0.6 is 0 Å². The molecule has 1 fully saturated rings. The van der Waals surface area contributed by atoms with Crippen molar-refractivity contribution in [1.82, 2.24) is 9.88 Å². The van der Waals surface area contributed by atoms with E-state index in [0.29, 0.717) is 12.6 Å². The monoisotopic (exact) mass is 269 g/mol. The number of rotatable bonds is 3. The Kier molecular flexibility index (Phi) is 3.76. The summed E-state index contributed by atoms with van der Waals surface area (Å²) in [4.78, 5) is 19.0. The average Bonchev–Trinajstić information content (AvgIpc) is 2.49. The second kappa shape index (κ2) is 5.69. The summed E-state index contributed by atoms with van der Waals surface area (Å²) < 4.78 is 0. The van der Waals surface area contributed by atoms with Gasteiger partial charge in [0.1, 0.15) is 0 Å². The number of carbonyl (C=O) groups is 1. The predicted molar refractivity (Wildman–Crippen MR) is 79.7 cm³/mol. The SMILES string of the molecule is NC1CCN(CC(=O)c2cccc3ncccc23)CC1. The number of carbonyl (C=O) groups excluding carboxylic acids is 1. The van der Waals surface area contributed by atoms with Gasteiger partial charge in [-0.2, -0.15) is 0 Å². The van der Waals surface area contributed by atoms with Gasteiger partial charge in [-0.25, -0.2) is 0 Å². The molecule has 3 rings (SSSR count). The van der Waals surface area contributed by atoms with Crippen molar-refractivity contribution in [2.75, 3.05) is 19.6 Å². The summed E-state index contributed by atoms with van der Waals surface area (Å²) in [7, 11) is 0. The van der Waals surface area contributed by atoms with Crippen molar-refractivity contribution in [1.29, 1.82) is 0 Å². The number of ketones is 1. The number of nitrogens with two attached hydrogens (primary N) is 1. The summed E-state index contributed by atoms with van der Waals surface area (Å²) in [6, 6.07) is 9.85. The largest absolute Gasteiger partial charge is 0.328 e. The lowest BCUT2D eigenvalue weighted by Crippen LogP contribution is -2.41. The molecule has 104 valence electrons. The fraction of sp³-hybridized carbons (Fsp3) is 0.375. The number of benzene rings is 1. The zero-order valence-electron chi connectivity index (χ0n) is 11.5. The highest BCUT2D eigenvalue weighted by Gasteiger charge is 2.19. The van der Waals surface area contributed by atoms with Crippen molar-refractivity contribution in [3.8, 4) is 0 Å². The van der Waals surface area contributed by atoms with E-state index in [-0.39, 0.29) is 5.78 Å². The van der Waals surface area contributed by atoms with E-state index in [4.69, 9.17) is 5.73 Å². The van der Waals surface area contributed by atoms with E-state index >= 15 is 0 Å². The molecule has 0 unspecified atom stereocenters. The first-order chi connectivity index (χ1) is 9.74. The predicted octanol–water partition coefficient (Wildman–Crippen LogP) is 1.84. The van der Waals surface area contributed by atoms with Crippen LogP contribution in [0.2, 0.25) is 0 Å². The van der Waals surface area contributed by atoms with Crippen LogP contribution in [-0.2, 0) is 0 Å². The van der Waals surface area contributed by atoms with Crippen molar-refractivity contribution in [2.45, 2.75) is 18.9 Å². The zero-order chi connectivity index (χ0) is 13.9. The van der Waals surface area contributed by atoms with Crippen LogP contribution in [0.15, 0.2) is 36.5 Å². The average molecular weight is 269 g/mol. The van der Waals surface area contributed by atoms with Gasteiger partial charge in [0.15, 0.2) is 5.78 Å². The number of piperidine rings is 1. The molecule has 2 heterocycles. The Balaban J connectivity index is 1.79. The van der Waals surface area contributed by atoms with Gasteiger partial charge in [-0.05, 0) is 25.0 Å². The van der Waals surface area contributed by atoms with E-state index in [2.05, 4.69) is 9.88 Å². The molecule has 0 aliphatic carbocycles. The standard InChI is InChI=1S/C16H19N3O/c17-12-6-9-19(10-7-12)11-16(20)14-3-1-5-15-13(14)4-2-8-18-15/h1-5,8,12H,6-7,9-11,17H2. The van der Waals surface area contributed by atoms with E-state index in [0.717, 1.165) is 42.4 Å². The molecule has 1 aromatic carbocycles. The van der Waals surface area contributed by atoms with E-state index in [1.54, 1.807) is 6.20 Å². The molecule has 1 aliphatic heterocycles. The third-order valence-electron chi connectivity index (χ3n) is 3.95. The maximum absolute atomic E-state index is 12.5. The van der Waals surface area contributed by atoms with Gasteiger partial charge in [0, 0.05) is 36.3 Å². The minimum absolute atomic E-state index is 0.166. The molecule has 2 N–H and O–H groups in total. The molecular formula is C16H19N3O. The zero-order valence-corrected chi connectivity index (χ0v) is 11.5. The van der Waals surface area contributed by atoms with E-state index < -0.39 is 0 Å². The summed E-state index contributed by atoms with van der Waals surface area (Å²) in [5.41, 5.74) is 7.54. The van der Waals surface area contributed by atoms with Crippen LogP contribution in [0.3, 0.4) is 0 Å². The Hall–Kier alpha value is -1.78. The molecule has 1 aliphatic rings. The van der Waals surface area contributed by atoms with Gasteiger partial charge >= 0.3 is 0 Å². The first-order valence-corrected chi connectivity index (χ1v) is 7.09. The Bertz CT molecular complexity index is 613. The highest BCUT2D eigenvalue weighted by Crippen LogP contribution is 2.18. The maximum atomic E-state index is 12.5. The Morgan fingerprint density at radius 3 is 2.85 bits per heavy atom. The molecule has 0 spiro atoms. The van der Waals surface area contributed by atoms with Crippen LogP contribution in [0, 0.1) is 0 Å². The van der Waals surface area contributed by atoms with Gasteiger partial charge in [-0.15, -0.1) is 0 Å². The second-order valence-corrected chi connectivity index (χ2v) is 5.41. The summed E-state index contributed by atoms with van der Waals surface area (Å²) in [5.74, 6) is 0.166. The van der Waals surface area contributed by atoms with E-state index in [1.807, 2.05) is 30.3 Å². The fourth-order valence-electron chi connectivity index (χ4n) is 2.75. The number of fused-ring (bicyclic) bond motifs is 1. The van der Waals surface area contributed by atoms with Gasteiger partial charge in [0.25, 0.3) is 0 Å². The molecule has 20 heavy (non-hydrogen) atoms. The van der Waals surface area contributed by atoms with Crippen LogP contribution in [0.4, 0.5) is 0 Å². The number of hydrogen-bond acceptors (Lipinski definition) is 4. The van der Waals surface area contributed by atoms with Crippen molar-refractivity contribution in [3.05, 3.63) is 42.1 Å². The lowest BCUT2D eigenvalue weighted by molar-refractivity contribution is 0.0911. The molecular weight excluding hydrogens is 250 g/mol. The van der Waals surface area contributed by atoms with Crippen LogP contribution in [0.1, 0.15) is 23.2 Å². The third-order valence-corrected chi connectivity index (χ3v) is 3.95. The van der Waals surface area contributed by atoms with Gasteiger partial charge < -0.3 is 5.73 Å². The third kappa shape index (κ3) is 2.71.